The molecule has 0 aromatic rings. The highest BCUT2D eigenvalue weighted by atomic mass is 19.4. The molecule has 0 amide bonds. The van der Waals surface area contributed by atoms with Crippen molar-refractivity contribution in [1.82, 2.24) is 10.2 Å². The molecule has 4 nitrogen and oxygen atoms in total. The number of aliphatic hydroxyl groups is 2. The van der Waals surface area contributed by atoms with Crippen molar-refractivity contribution in [2.75, 3.05) is 6.54 Å². The van der Waals surface area contributed by atoms with E-state index in [2.05, 4.69) is 5.32 Å². The normalized spacial score (nSPS) is 40.2. The van der Waals surface area contributed by atoms with Crippen LogP contribution in [-0.4, -0.2) is 46.5 Å². The lowest BCUT2D eigenvalue weighted by molar-refractivity contribution is -0.184. The molecule has 0 aromatic carbocycles. The van der Waals surface area contributed by atoms with Gasteiger partial charge in [-0.15, -0.1) is 0 Å². The Hall–Kier alpha value is -0.370. The summed E-state index contributed by atoms with van der Waals surface area (Å²) in [7, 11) is 0. The Morgan fingerprint density at radius 1 is 1.15 bits per heavy atom. The zero-order valence-corrected chi connectivity index (χ0v) is 11.6. The highest BCUT2D eigenvalue weighted by molar-refractivity contribution is 4.88. The zero-order chi connectivity index (χ0) is 14.9. The summed E-state index contributed by atoms with van der Waals surface area (Å²) < 4.78 is 37.8. The number of nitrogens with one attached hydrogen (secondary N) is 1. The summed E-state index contributed by atoms with van der Waals surface area (Å²) in [6.45, 7) is 2.45. The van der Waals surface area contributed by atoms with Gasteiger partial charge in [0.05, 0.1) is 12.0 Å². The molecule has 3 unspecified atom stereocenters. The molecule has 7 heteroatoms. The Balaban J connectivity index is 1.86. The number of aliphatic hydroxyl groups excluding tert-OH is 2. The number of alkyl halides is 3. The molecule has 1 aliphatic carbocycles. The molecule has 3 N–H and O–H groups in total. The third-order valence-corrected chi connectivity index (χ3v) is 4.62. The molecule has 1 saturated carbocycles. The Morgan fingerprint density at radius 3 is 2.25 bits per heavy atom. The van der Waals surface area contributed by atoms with E-state index in [4.69, 9.17) is 0 Å². The Labute approximate surface area is 117 Å². The van der Waals surface area contributed by atoms with Crippen LogP contribution in [0, 0.1) is 11.8 Å². The largest absolute Gasteiger partial charge is 0.391 e. The van der Waals surface area contributed by atoms with Crippen LogP contribution in [0.25, 0.3) is 0 Å². The molecule has 3 atom stereocenters. The van der Waals surface area contributed by atoms with Crippen LogP contribution < -0.4 is 5.32 Å². The third-order valence-electron chi connectivity index (χ3n) is 4.62. The molecule has 1 aliphatic heterocycles. The zero-order valence-electron chi connectivity index (χ0n) is 11.6. The standard InChI is InChI=1S/C13H23F3N2O2/c1-2-10-11(19)17-12(20)18(10)7-8-3-5-9(6-4-8)13(14,15)16/h8-12,17,19-20H,2-7H2,1H3. The molecule has 118 valence electrons. The van der Waals surface area contributed by atoms with E-state index in [1.807, 2.05) is 6.92 Å². The molecule has 0 bridgehead atoms. The van der Waals surface area contributed by atoms with Gasteiger partial charge in [-0.3, -0.25) is 10.2 Å². The van der Waals surface area contributed by atoms with E-state index < -0.39 is 24.7 Å². The Kier molecular flexibility index (Phi) is 4.94. The van der Waals surface area contributed by atoms with Crippen molar-refractivity contribution in [2.24, 2.45) is 11.8 Å². The fraction of sp³-hybridized carbons (Fsp3) is 1.00. The molecule has 2 aliphatic rings. The smallest absolute Gasteiger partial charge is 0.377 e. The van der Waals surface area contributed by atoms with Crippen LogP contribution in [0.2, 0.25) is 0 Å². The van der Waals surface area contributed by atoms with Gasteiger partial charge in [0.15, 0.2) is 6.35 Å². The predicted molar refractivity (Wildman–Crippen MR) is 67.4 cm³/mol. The van der Waals surface area contributed by atoms with Crippen LogP contribution in [0.3, 0.4) is 0 Å². The van der Waals surface area contributed by atoms with Gasteiger partial charge >= 0.3 is 6.18 Å². The summed E-state index contributed by atoms with van der Waals surface area (Å²) in [6, 6.07) is -0.176. The van der Waals surface area contributed by atoms with E-state index in [-0.39, 0.29) is 24.8 Å². The van der Waals surface area contributed by atoms with Gasteiger partial charge in [-0.1, -0.05) is 6.92 Å². The summed E-state index contributed by atoms with van der Waals surface area (Å²) in [5.74, 6) is -1.02. The van der Waals surface area contributed by atoms with E-state index in [0.29, 0.717) is 25.8 Å². The number of halogens is 3. The first-order valence-electron chi connectivity index (χ1n) is 7.27. The molecule has 1 heterocycles. The fourth-order valence-corrected chi connectivity index (χ4v) is 3.39. The minimum absolute atomic E-state index is 0.157. The molecule has 0 aromatic heterocycles. The van der Waals surface area contributed by atoms with Crippen LogP contribution >= 0.6 is 0 Å². The molecule has 2 fully saturated rings. The highest BCUT2D eigenvalue weighted by Gasteiger charge is 2.43. The first kappa shape index (κ1) is 16.0. The molecule has 2 rings (SSSR count). The van der Waals surface area contributed by atoms with Gasteiger partial charge in [0.1, 0.15) is 6.23 Å². The van der Waals surface area contributed by atoms with Crippen molar-refractivity contribution in [3.05, 3.63) is 0 Å². The van der Waals surface area contributed by atoms with E-state index in [9.17, 15) is 23.4 Å². The van der Waals surface area contributed by atoms with Gasteiger partial charge in [-0.05, 0) is 38.0 Å². The van der Waals surface area contributed by atoms with Crippen LogP contribution in [0.4, 0.5) is 13.2 Å². The third kappa shape index (κ3) is 3.44. The number of hydrogen-bond donors (Lipinski definition) is 3. The maximum atomic E-state index is 12.6. The minimum atomic E-state index is -4.08. The summed E-state index contributed by atoms with van der Waals surface area (Å²) in [5, 5.41) is 22.2. The molecular weight excluding hydrogens is 273 g/mol. The summed E-state index contributed by atoms with van der Waals surface area (Å²) >= 11 is 0. The highest BCUT2D eigenvalue weighted by Crippen LogP contribution is 2.40. The Morgan fingerprint density at radius 2 is 1.75 bits per heavy atom. The molecule has 20 heavy (non-hydrogen) atoms. The van der Waals surface area contributed by atoms with E-state index in [0.717, 1.165) is 0 Å². The fourth-order valence-electron chi connectivity index (χ4n) is 3.39. The summed E-state index contributed by atoms with van der Waals surface area (Å²) in [6.07, 6.45) is -3.68. The second kappa shape index (κ2) is 6.17. The van der Waals surface area contributed by atoms with Gasteiger partial charge in [0.25, 0.3) is 0 Å². The van der Waals surface area contributed by atoms with E-state index in [1.165, 1.54) is 0 Å². The number of rotatable bonds is 3. The monoisotopic (exact) mass is 296 g/mol. The molecular formula is C13H23F3N2O2. The lowest BCUT2D eigenvalue weighted by atomic mass is 9.81. The van der Waals surface area contributed by atoms with Crippen molar-refractivity contribution in [3.63, 3.8) is 0 Å². The second-order valence-corrected chi connectivity index (χ2v) is 5.92. The van der Waals surface area contributed by atoms with Crippen molar-refractivity contribution in [2.45, 2.75) is 63.8 Å². The van der Waals surface area contributed by atoms with E-state index >= 15 is 0 Å². The summed E-state index contributed by atoms with van der Waals surface area (Å²) in [4.78, 5) is 1.77. The Bertz CT molecular complexity index is 319. The first-order valence-corrected chi connectivity index (χ1v) is 7.27. The van der Waals surface area contributed by atoms with Crippen LogP contribution in [0.15, 0.2) is 0 Å². The predicted octanol–water partition coefficient (Wildman–Crippen LogP) is 1.63. The minimum Gasteiger partial charge on any atom is -0.377 e. The molecule has 0 spiro atoms. The second-order valence-electron chi connectivity index (χ2n) is 5.92. The average molecular weight is 296 g/mol. The van der Waals surface area contributed by atoms with E-state index in [1.54, 1.807) is 4.90 Å². The topological polar surface area (TPSA) is 55.7 Å². The maximum absolute atomic E-state index is 12.6. The molecule has 0 radical (unpaired) electrons. The van der Waals surface area contributed by atoms with Crippen molar-refractivity contribution in [1.29, 1.82) is 0 Å². The van der Waals surface area contributed by atoms with Crippen LogP contribution in [0.5, 0.6) is 0 Å². The van der Waals surface area contributed by atoms with Crippen LogP contribution in [-0.2, 0) is 0 Å². The average Bonchev–Trinajstić information content (AvgIpc) is 2.63. The quantitative estimate of drug-likeness (QED) is 0.741. The van der Waals surface area contributed by atoms with Gasteiger partial charge in [0, 0.05) is 6.54 Å². The van der Waals surface area contributed by atoms with Gasteiger partial charge in [-0.25, -0.2) is 0 Å². The first-order chi connectivity index (χ1) is 9.32. The lowest BCUT2D eigenvalue weighted by Gasteiger charge is -2.34. The molecule has 1 saturated heterocycles. The van der Waals surface area contributed by atoms with Crippen molar-refractivity contribution in [3.8, 4) is 0 Å². The van der Waals surface area contributed by atoms with Gasteiger partial charge < -0.3 is 10.2 Å². The number of nitrogens with zero attached hydrogens (tertiary/aromatic N) is 1. The van der Waals surface area contributed by atoms with Gasteiger partial charge in [0.2, 0.25) is 0 Å². The maximum Gasteiger partial charge on any atom is 0.391 e. The van der Waals surface area contributed by atoms with Crippen molar-refractivity contribution >= 4 is 0 Å². The van der Waals surface area contributed by atoms with Crippen LogP contribution in [0.1, 0.15) is 39.0 Å². The summed E-state index contributed by atoms with van der Waals surface area (Å²) in [5.41, 5.74) is 0. The van der Waals surface area contributed by atoms with Gasteiger partial charge in [-0.2, -0.15) is 13.2 Å². The SMILES string of the molecule is CCC1C(O)NC(O)N1CC1CCC(C(F)(F)F)CC1. The van der Waals surface area contributed by atoms with Crippen molar-refractivity contribution < 1.29 is 23.4 Å². The number of hydrogen-bond acceptors (Lipinski definition) is 4. The lowest BCUT2D eigenvalue weighted by Crippen LogP contribution is -2.43.